The Labute approximate surface area is 203 Å². The molecule has 3 aromatic carbocycles. The fraction of sp³-hybridized carbons (Fsp3) is 0.192. The second kappa shape index (κ2) is 10.9. The van der Waals surface area contributed by atoms with Crippen LogP contribution >= 0.6 is 11.6 Å². The van der Waals surface area contributed by atoms with Gasteiger partial charge >= 0.3 is 6.03 Å². The molecule has 34 heavy (non-hydrogen) atoms. The minimum absolute atomic E-state index is 0.127. The summed E-state index contributed by atoms with van der Waals surface area (Å²) in [5.41, 5.74) is 3.01. The summed E-state index contributed by atoms with van der Waals surface area (Å²) in [5.74, 6) is -0.605. The van der Waals surface area contributed by atoms with Gasteiger partial charge in [0, 0.05) is 18.1 Å². The van der Waals surface area contributed by atoms with Gasteiger partial charge in [-0.15, -0.1) is 0 Å². The molecule has 1 heterocycles. The summed E-state index contributed by atoms with van der Waals surface area (Å²) in [6.45, 7) is 0.479. The van der Waals surface area contributed by atoms with Gasteiger partial charge in [0.15, 0.2) is 0 Å². The standard InChI is InChI=1S/C26H25ClN4O3/c27-21-11-5-4-10-20(21)14-15-28-24(32)17-30-22-12-6-7-13-23(22)31(18-25(30)33)26(34)29-16-19-8-2-1-3-9-19/h1-13H,14-18H2,(H,28,32)(H,29,34). The third kappa shape index (κ3) is 5.55. The number of benzene rings is 3. The Bertz CT molecular complexity index is 1190. The Balaban J connectivity index is 1.39. The van der Waals surface area contributed by atoms with Crippen molar-refractivity contribution in [1.29, 1.82) is 0 Å². The molecule has 0 atom stereocenters. The first-order valence-electron chi connectivity index (χ1n) is 11.0. The van der Waals surface area contributed by atoms with Crippen molar-refractivity contribution in [2.24, 2.45) is 0 Å². The summed E-state index contributed by atoms with van der Waals surface area (Å²) in [5, 5.41) is 6.36. The number of carbonyl (C=O) groups excluding carboxylic acids is 3. The number of hydrogen-bond donors (Lipinski definition) is 2. The molecule has 1 aliphatic heterocycles. The number of amides is 4. The van der Waals surface area contributed by atoms with E-state index in [4.69, 9.17) is 11.6 Å². The lowest BCUT2D eigenvalue weighted by Crippen LogP contribution is -2.53. The highest BCUT2D eigenvalue weighted by atomic mass is 35.5. The first-order chi connectivity index (χ1) is 16.5. The molecular weight excluding hydrogens is 452 g/mol. The van der Waals surface area contributed by atoms with E-state index >= 15 is 0 Å². The number of anilines is 2. The van der Waals surface area contributed by atoms with E-state index < -0.39 is 0 Å². The molecule has 0 aromatic heterocycles. The van der Waals surface area contributed by atoms with Gasteiger partial charge in [-0.3, -0.25) is 19.4 Å². The molecule has 3 aromatic rings. The number of rotatable bonds is 7. The van der Waals surface area contributed by atoms with Crippen LogP contribution in [0.4, 0.5) is 16.2 Å². The molecule has 1 aliphatic rings. The molecular formula is C26H25ClN4O3. The lowest BCUT2D eigenvalue weighted by Gasteiger charge is -2.35. The van der Waals surface area contributed by atoms with Gasteiger partial charge in [0.25, 0.3) is 0 Å². The van der Waals surface area contributed by atoms with Crippen LogP contribution in [0, 0.1) is 0 Å². The van der Waals surface area contributed by atoms with Gasteiger partial charge in [0.2, 0.25) is 11.8 Å². The topological polar surface area (TPSA) is 81.8 Å². The number of hydrogen-bond acceptors (Lipinski definition) is 3. The molecule has 174 valence electrons. The Morgan fingerprint density at radius 2 is 1.53 bits per heavy atom. The van der Waals surface area contributed by atoms with E-state index in [2.05, 4.69) is 10.6 Å². The van der Waals surface area contributed by atoms with E-state index in [9.17, 15) is 14.4 Å². The minimum atomic E-state index is -0.367. The highest BCUT2D eigenvalue weighted by molar-refractivity contribution is 6.31. The summed E-state index contributed by atoms with van der Waals surface area (Å²) in [6, 6.07) is 23.7. The zero-order valence-corrected chi connectivity index (χ0v) is 19.3. The van der Waals surface area contributed by atoms with E-state index in [1.54, 1.807) is 24.3 Å². The predicted octanol–water partition coefficient (Wildman–Crippen LogP) is 3.76. The third-order valence-electron chi connectivity index (χ3n) is 5.57. The zero-order valence-electron chi connectivity index (χ0n) is 18.5. The number of halogens is 1. The van der Waals surface area contributed by atoms with Crippen molar-refractivity contribution in [2.45, 2.75) is 13.0 Å². The molecule has 0 spiro atoms. The van der Waals surface area contributed by atoms with Gasteiger partial charge in [-0.2, -0.15) is 0 Å². The molecule has 2 N–H and O–H groups in total. The van der Waals surface area contributed by atoms with Crippen molar-refractivity contribution < 1.29 is 14.4 Å². The van der Waals surface area contributed by atoms with E-state index in [-0.39, 0.29) is 30.9 Å². The number of nitrogens with zero attached hydrogens (tertiary/aromatic N) is 2. The third-order valence-corrected chi connectivity index (χ3v) is 5.93. The molecule has 0 saturated carbocycles. The van der Waals surface area contributed by atoms with E-state index in [1.165, 1.54) is 9.80 Å². The molecule has 0 radical (unpaired) electrons. The van der Waals surface area contributed by atoms with Crippen molar-refractivity contribution in [3.63, 3.8) is 0 Å². The van der Waals surface area contributed by atoms with E-state index in [0.717, 1.165) is 11.1 Å². The van der Waals surface area contributed by atoms with Gasteiger partial charge in [0.05, 0.1) is 11.4 Å². The van der Waals surface area contributed by atoms with Crippen LogP contribution in [0.1, 0.15) is 11.1 Å². The number of nitrogens with one attached hydrogen (secondary N) is 2. The molecule has 8 heteroatoms. The highest BCUT2D eigenvalue weighted by Gasteiger charge is 2.33. The molecule has 0 bridgehead atoms. The highest BCUT2D eigenvalue weighted by Crippen LogP contribution is 2.33. The van der Waals surface area contributed by atoms with Gasteiger partial charge in [0.1, 0.15) is 13.1 Å². The van der Waals surface area contributed by atoms with Crippen LogP contribution in [-0.2, 0) is 22.6 Å². The van der Waals surface area contributed by atoms with Crippen molar-refractivity contribution in [3.8, 4) is 0 Å². The SMILES string of the molecule is O=C(CN1C(=O)CN(C(=O)NCc2ccccc2)c2ccccc21)NCCc1ccccc1Cl. The number of carbonyl (C=O) groups is 3. The molecule has 0 fully saturated rings. The zero-order chi connectivity index (χ0) is 23.9. The average molecular weight is 477 g/mol. The van der Waals surface area contributed by atoms with Crippen LogP contribution in [0.15, 0.2) is 78.9 Å². The second-order valence-corrected chi connectivity index (χ2v) is 8.30. The summed E-state index contributed by atoms with van der Waals surface area (Å²) < 4.78 is 0. The van der Waals surface area contributed by atoms with E-state index in [0.29, 0.717) is 35.9 Å². The molecule has 0 unspecified atom stereocenters. The summed E-state index contributed by atoms with van der Waals surface area (Å²) in [7, 11) is 0. The normalized spacial score (nSPS) is 12.8. The first kappa shape index (κ1) is 23.3. The molecule has 4 rings (SSSR count). The van der Waals surface area contributed by atoms with Crippen molar-refractivity contribution in [2.75, 3.05) is 29.4 Å². The van der Waals surface area contributed by atoms with Crippen LogP contribution in [0.5, 0.6) is 0 Å². The van der Waals surface area contributed by atoms with Crippen LogP contribution in [-0.4, -0.2) is 37.5 Å². The maximum atomic E-state index is 12.9. The summed E-state index contributed by atoms with van der Waals surface area (Å²) in [6.07, 6.45) is 0.589. The van der Waals surface area contributed by atoms with Gasteiger partial charge in [-0.1, -0.05) is 72.3 Å². The summed E-state index contributed by atoms with van der Waals surface area (Å²) in [4.78, 5) is 41.2. The minimum Gasteiger partial charge on any atom is -0.354 e. The number of urea groups is 1. The smallest absolute Gasteiger partial charge is 0.322 e. The van der Waals surface area contributed by atoms with Crippen molar-refractivity contribution in [1.82, 2.24) is 10.6 Å². The fourth-order valence-electron chi connectivity index (χ4n) is 3.82. The van der Waals surface area contributed by atoms with Crippen molar-refractivity contribution in [3.05, 3.63) is 95.0 Å². The Morgan fingerprint density at radius 3 is 2.29 bits per heavy atom. The van der Waals surface area contributed by atoms with Crippen LogP contribution in [0.2, 0.25) is 5.02 Å². The largest absolute Gasteiger partial charge is 0.354 e. The Hall–Kier alpha value is -3.84. The number of fused-ring (bicyclic) bond motifs is 1. The average Bonchev–Trinajstić information content (AvgIpc) is 2.86. The number of para-hydroxylation sites is 2. The molecule has 4 amide bonds. The lowest BCUT2D eigenvalue weighted by molar-refractivity contribution is -0.123. The van der Waals surface area contributed by atoms with Crippen LogP contribution in [0.3, 0.4) is 0 Å². The quantitative estimate of drug-likeness (QED) is 0.544. The second-order valence-electron chi connectivity index (χ2n) is 7.89. The van der Waals surface area contributed by atoms with Gasteiger partial charge in [-0.25, -0.2) is 4.79 Å². The first-order valence-corrected chi connectivity index (χ1v) is 11.4. The Kier molecular flexibility index (Phi) is 7.44. The monoisotopic (exact) mass is 476 g/mol. The molecule has 0 aliphatic carbocycles. The summed E-state index contributed by atoms with van der Waals surface area (Å²) >= 11 is 6.16. The van der Waals surface area contributed by atoms with Crippen molar-refractivity contribution >= 4 is 40.8 Å². The predicted molar refractivity (Wildman–Crippen MR) is 133 cm³/mol. The maximum Gasteiger partial charge on any atom is 0.322 e. The molecule has 0 saturated heterocycles. The lowest BCUT2D eigenvalue weighted by atomic mass is 10.1. The maximum absolute atomic E-state index is 12.9. The van der Waals surface area contributed by atoms with E-state index in [1.807, 2.05) is 54.6 Å². The molecule has 7 nitrogen and oxygen atoms in total. The fourth-order valence-corrected chi connectivity index (χ4v) is 4.05. The van der Waals surface area contributed by atoms with Gasteiger partial charge in [-0.05, 0) is 35.7 Å². The Morgan fingerprint density at radius 1 is 0.853 bits per heavy atom. The van der Waals surface area contributed by atoms with Gasteiger partial charge < -0.3 is 10.6 Å². The van der Waals surface area contributed by atoms with Crippen LogP contribution < -0.4 is 20.4 Å². The van der Waals surface area contributed by atoms with Crippen LogP contribution in [0.25, 0.3) is 0 Å².